The first-order chi connectivity index (χ1) is 8.52. The lowest BCUT2D eigenvalue weighted by atomic mass is 10.1. The predicted molar refractivity (Wildman–Crippen MR) is 67.0 cm³/mol. The minimum atomic E-state index is -0.510. The first-order valence-corrected chi connectivity index (χ1v) is 5.57. The Labute approximate surface area is 104 Å². The van der Waals surface area contributed by atoms with Gasteiger partial charge in [0.2, 0.25) is 5.91 Å². The van der Waals surface area contributed by atoms with Gasteiger partial charge < -0.3 is 16.4 Å². The molecule has 0 saturated carbocycles. The van der Waals surface area contributed by atoms with Crippen LogP contribution in [0.2, 0.25) is 0 Å². The molecule has 1 heterocycles. The molecule has 96 valence electrons. The molecule has 0 aromatic heterocycles. The molecule has 1 unspecified atom stereocenters. The molecule has 4 N–H and O–H groups in total. The first kappa shape index (κ1) is 12.3. The van der Waals surface area contributed by atoms with Crippen LogP contribution in [0.25, 0.3) is 0 Å². The number of non-ortho nitro benzene ring substituents is 1. The topological polar surface area (TPSA) is 115 Å². The van der Waals surface area contributed by atoms with Crippen molar-refractivity contribution in [3.8, 4) is 0 Å². The first-order valence-electron chi connectivity index (χ1n) is 5.57. The summed E-state index contributed by atoms with van der Waals surface area (Å²) in [5, 5.41) is 10.7. The fourth-order valence-electron chi connectivity index (χ4n) is 2.05. The van der Waals surface area contributed by atoms with Crippen LogP contribution in [-0.2, 0) is 4.79 Å². The number of carbonyl (C=O) groups excluding carboxylic acids is 1. The van der Waals surface area contributed by atoms with Crippen molar-refractivity contribution >= 4 is 23.0 Å². The van der Waals surface area contributed by atoms with Crippen molar-refractivity contribution in [1.82, 2.24) is 0 Å². The summed E-state index contributed by atoms with van der Waals surface area (Å²) in [4.78, 5) is 23.5. The van der Waals surface area contributed by atoms with Crippen LogP contribution in [0.1, 0.15) is 6.42 Å². The summed E-state index contributed by atoms with van der Waals surface area (Å²) < 4.78 is 0. The minimum Gasteiger partial charge on any atom is -0.397 e. The highest BCUT2D eigenvalue weighted by Gasteiger charge is 2.31. The van der Waals surface area contributed by atoms with Gasteiger partial charge in [-0.25, -0.2) is 0 Å². The van der Waals surface area contributed by atoms with Gasteiger partial charge in [-0.1, -0.05) is 0 Å². The molecule has 0 bridgehead atoms. The van der Waals surface area contributed by atoms with Crippen molar-refractivity contribution in [2.24, 2.45) is 11.7 Å². The van der Waals surface area contributed by atoms with Crippen LogP contribution in [0.15, 0.2) is 18.2 Å². The van der Waals surface area contributed by atoms with Gasteiger partial charge in [-0.2, -0.15) is 0 Å². The van der Waals surface area contributed by atoms with Gasteiger partial charge in [-0.15, -0.1) is 0 Å². The summed E-state index contributed by atoms with van der Waals surface area (Å²) in [6, 6.07) is 4.09. The fourth-order valence-corrected chi connectivity index (χ4v) is 2.05. The summed E-state index contributed by atoms with van der Waals surface area (Å²) in [7, 11) is 0. The number of hydrogen-bond donors (Lipinski definition) is 2. The van der Waals surface area contributed by atoms with Crippen LogP contribution in [0.3, 0.4) is 0 Å². The van der Waals surface area contributed by atoms with Crippen molar-refractivity contribution in [1.29, 1.82) is 0 Å². The molecule has 1 aliphatic heterocycles. The number of benzene rings is 1. The molecular formula is C11H14N4O3. The molecule has 1 aliphatic rings. The van der Waals surface area contributed by atoms with Gasteiger partial charge >= 0.3 is 0 Å². The summed E-state index contributed by atoms with van der Waals surface area (Å²) in [6.07, 6.45) is 0.360. The van der Waals surface area contributed by atoms with Crippen molar-refractivity contribution in [3.05, 3.63) is 28.3 Å². The molecule has 1 fully saturated rings. The Bertz CT molecular complexity index is 503. The van der Waals surface area contributed by atoms with Crippen LogP contribution in [-0.4, -0.2) is 23.9 Å². The van der Waals surface area contributed by atoms with E-state index in [4.69, 9.17) is 11.5 Å². The maximum atomic E-state index is 11.8. The molecule has 1 aromatic carbocycles. The van der Waals surface area contributed by atoms with E-state index in [-0.39, 0.29) is 17.5 Å². The Hall–Kier alpha value is -2.15. The number of hydrogen-bond acceptors (Lipinski definition) is 5. The maximum absolute atomic E-state index is 11.8. The highest BCUT2D eigenvalue weighted by atomic mass is 16.6. The van der Waals surface area contributed by atoms with Gasteiger partial charge in [0.25, 0.3) is 5.69 Å². The molecule has 0 aliphatic carbocycles. The van der Waals surface area contributed by atoms with Gasteiger partial charge in [0, 0.05) is 25.1 Å². The Morgan fingerprint density at radius 3 is 2.78 bits per heavy atom. The summed E-state index contributed by atoms with van der Waals surface area (Å²) in [6.45, 7) is 0.873. The molecule has 1 saturated heterocycles. The fraction of sp³-hybridized carbons (Fsp3) is 0.364. The van der Waals surface area contributed by atoms with Crippen LogP contribution in [0.4, 0.5) is 17.1 Å². The Morgan fingerprint density at radius 2 is 2.22 bits per heavy atom. The number of anilines is 2. The summed E-state index contributed by atoms with van der Waals surface area (Å²) in [5.74, 6) is -0.0196. The average molecular weight is 250 g/mol. The number of nitrogens with two attached hydrogens (primary N) is 2. The number of rotatable bonds is 3. The monoisotopic (exact) mass is 250 g/mol. The number of amides is 1. The van der Waals surface area contributed by atoms with E-state index in [0.717, 1.165) is 0 Å². The normalized spacial score (nSPS) is 19.3. The van der Waals surface area contributed by atoms with Gasteiger partial charge in [0.1, 0.15) is 0 Å². The largest absolute Gasteiger partial charge is 0.397 e. The van der Waals surface area contributed by atoms with Crippen molar-refractivity contribution in [3.63, 3.8) is 0 Å². The van der Waals surface area contributed by atoms with Gasteiger partial charge in [0.15, 0.2) is 0 Å². The van der Waals surface area contributed by atoms with E-state index in [0.29, 0.717) is 30.9 Å². The Kier molecular flexibility index (Phi) is 3.15. The number of nitro groups is 1. The van der Waals surface area contributed by atoms with E-state index in [2.05, 4.69) is 0 Å². The number of carbonyl (C=O) groups is 1. The lowest BCUT2D eigenvalue weighted by Gasteiger charge is -2.18. The molecule has 2 rings (SSSR count). The van der Waals surface area contributed by atoms with Crippen LogP contribution in [0.5, 0.6) is 0 Å². The van der Waals surface area contributed by atoms with Gasteiger partial charge in [-0.3, -0.25) is 14.9 Å². The lowest BCUT2D eigenvalue weighted by Crippen LogP contribution is -2.26. The molecule has 7 nitrogen and oxygen atoms in total. The molecule has 1 atom stereocenters. The Balaban J connectivity index is 2.35. The quantitative estimate of drug-likeness (QED) is 0.460. The van der Waals surface area contributed by atoms with Gasteiger partial charge in [0.05, 0.1) is 16.3 Å². The van der Waals surface area contributed by atoms with Crippen molar-refractivity contribution < 1.29 is 9.72 Å². The summed E-state index contributed by atoms with van der Waals surface area (Å²) >= 11 is 0. The average Bonchev–Trinajstić information content (AvgIpc) is 2.71. The van der Waals surface area contributed by atoms with E-state index in [1.807, 2.05) is 0 Å². The van der Waals surface area contributed by atoms with Gasteiger partial charge in [-0.05, 0) is 18.5 Å². The third kappa shape index (κ3) is 2.12. The standard InChI is InChI=1S/C11H14N4O3/c12-5-7-3-11(16)14(6-7)10-4-8(15(17)18)1-2-9(10)13/h1-2,4,7H,3,5-6,12-13H2. The number of nitro benzene ring substituents is 1. The van der Waals surface area contributed by atoms with Crippen molar-refractivity contribution in [2.45, 2.75) is 6.42 Å². The lowest BCUT2D eigenvalue weighted by molar-refractivity contribution is -0.384. The third-order valence-corrected chi connectivity index (χ3v) is 3.05. The van der Waals surface area contributed by atoms with Crippen molar-refractivity contribution in [2.75, 3.05) is 23.7 Å². The van der Waals surface area contributed by atoms with E-state index in [9.17, 15) is 14.9 Å². The Morgan fingerprint density at radius 1 is 1.50 bits per heavy atom. The van der Waals surface area contributed by atoms with E-state index < -0.39 is 4.92 Å². The molecule has 1 aromatic rings. The zero-order chi connectivity index (χ0) is 13.3. The molecular weight excluding hydrogens is 236 g/mol. The molecule has 0 spiro atoms. The zero-order valence-electron chi connectivity index (χ0n) is 9.70. The van der Waals surface area contributed by atoms with E-state index >= 15 is 0 Å². The second-order valence-corrected chi connectivity index (χ2v) is 4.31. The third-order valence-electron chi connectivity index (χ3n) is 3.05. The molecule has 1 amide bonds. The molecule has 7 heteroatoms. The SMILES string of the molecule is NCC1CC(=O)N(c2cc([N+](=O)[O-])ccc2N)C1. The molecule has 18 heavy (non-hydrogen) atoms. The highest BCUT2D eigenvalue weighted by molar-refractivity contribution is 5.98. The second kappa shape index (κ2) is 4.61. The zero-order valence-corrected chi connectivity index (χ0v) is 9.70. The van der Waals surface area contributed by atoms with E-state index in [1.54, 1.807) is 0 Å². The number of nitrogen functional groups attached to an aromatic ring is 1. The van der Waals surface area contributed by atoms with Crippen LogP contribution < -0.4 is 16.4 Å². The minimum absolute atomic E-state index is 0.0798. The number of nitrogens with zero attached hydrogens (tertiary/aromatic N) is 2. The highest BCUT2D eigenvalue weighted by Crippen LogP contribution is 2.32. The van der Waals surface area contributed by atoms with Crippen LogP contribution in [0, 0.1) is 16.0 Å². The second-order valence-electron chi connectivity index (χ2n) is 4.31. The molecule has 0 radical (unpaired) electrons. The van der Waals surface area contributed by atoms with E-state index in [1.165, 1.54) is 23.1 Å². The van der Waals surface area contributed by atoms with Crippen LogP contribution >= 0.6 is 0 Å². The smallest absolute Gasteiger partial charge is 0.271 e. The summed E-state index contributed by atoms with van der Waals surface area (Å²) in [5.41, 5.74) is 12.0. The predicted octanol–water partition coefficient (Wildman–Crippen LogP) is 0.489. The maximum Gasteiger partial charge on any atom is 0.271 e.